The zero-order valence-corrected chi connectivity index (χ0v) is 12.0. The maximum absolute atomic E-state index is 2.74. The topological polar surface area (TPSA) is 9.72 Å². The number of piperidine rings is 1. The summed E-state index contributed by atoms with van der Waals surface area (Å²) in [5.41, 5.74) is 0. The van der Waals surface area contributed by atoms with Gasteiger partial charge in [-0.2, -0.15) is 0 Å². The van der Waals surface area contributed by atoms with Gasteiger partial charge < -0.3 is 9.80 Å². The van der Waals surface area contributed by atoms with Crippen LogP contribution in [0.25, 0.3) is 0 Å². The van der Waals surface area contributed by atoms with Crippen molar-refractivity contribution in [2.24, 2.45) is 0 Å². The van der Waals surface area contributed by atoms with Gasteiger partial charge in [-0.1, -0.05) is 0 Å². The van der Waals surface area contributed by atoms with E-state index in [9.17, 15) is 0 Å². The van der Waals surface area contributed by atoms with E-state index in [-0.39, 0.29) is 0 Å². The summed E-state index contributed by atoms with van der Waals surface area (Å²) in [6.07, 6.45) is 4.11. The first kappa shape index (κ1) is 13.3. The SMILES string of the molecule is CC(C)N1CCC(N2CC[C@@H](N(C)C)C2)CC1. The number of rotatable bonds is 3. The van der Waals surface area contributed by atoms with Crippen LogP contribution in [0.15, 0.2) is 0 Å². The third kappa shape index (κ3) is 3.21. The van der Waals surface area contributed by atoms with Crippen LogP contribution < -0.4 is 0 Å². The van der Waals surface area contributed by atoms with Gasteiger partial charge in [0.25, 0.3) is 0 Å². The largest absolute Gasteiger partial charge is 0.305 e. The Morgan fingerprint density at radius 2 is 1.65 bits per heavy atom. The molecule has 0 N–H and O–H groups in total. The van der Waals surface area contributed by atoms with E-state index in [4.69, 9.17) is 0 Å². The van der Waals surface area contributed by atoms with Gasteiger partial charge in [0.05, 0.1) is 0 Å². The smallest absolute Gasteiger partial charge is 0.0229 e. The van der Waals surface area contributed by atoms with Crippen LogP contribution in [0.5, 0.6) is 0 Å². The van der Waals surface area contributed by atoms with E-state index in [0.717, 1.165) is 18.1 Å². The first-order chi connectivity index (χ1) is 8.08. The molecule has 3 heteroatoms. The second kappa shape index (κ2) is 5.68. The van der Waals surface area contributed by atoms with Gasteiger partial charge in [0.1, 0.15) is 0 Å². The molecule has 0 unspecified atom stereocenters. The van der Waals surface area contributed by atoms with Crippen molar-refractivity contribution in [3.63, 3.8) is 0 Å². The molecule has 0 aliphatic carbocycles. The molecule has 0 aromatic rings. The van der Waals surface area contributed by atoms with Gasteiger partial charge in [0.15, 0.2) is 0 Å². The highest BCUT2D eigenvalue weighted by Gasteiger charge is 2.31. The van der Waals surface area contributed by atoms with Crippen LogP contribution in [-0.4, -0.2) is 73.1 Å². The zero-order chi connectivity index (χ0) is 12.4. The second-order valence-electron chi connectivity index (χ2n) is 6.26. The summed E-state index contributed by atoms with van der Waals surface area (Å²) in [7, 11) is 4.44. The molecule has 0 aromatic carbocycles. The van der Waals surface area contributed by atoms with Gasteiger partial charge in [-0.25, -0.2) is 0 Å². The molecule has 2 rings (SSSR count). The van der Waals surface area contributed by atoms with Crippen molar-refractivity contribution in [2.75, 3.05) is 40.3 Å². The molecule has 2 aliphatic heterocycles. The Labute approximate surface area is 107 Å². The van der Waals surface area contributed by atoms with Crippen molar-refractivity contribution in [3.8, 4) is 0 Å². The Balaban J connectivity index is 1.78. The summed E-state index contributed by atoms with van der Waals surface area (Å²) < 4.78 is 0. The summed E-state index contributed by atoms with van der Waals surface area (Å²) in [5.74, 6) is 0. The highest BCUT2D eigenvalue weighted by Crippen LogP contribution is 2.23. The molecular weight excluding hydrogens is 210 g/mol. The van der Waals surface area contributed by atoms with Gasteiger partial charge in [-0.3, -0.25) is 4.90 Å². The minimum Gasteiger partial charge on any atom is -0.305 e. The van der Waals surface area contributed by atoms with Crippen molar-refractivity contribution in [2.45, 2.75) is 51.2 Å². The lowest BCUT2D eigenvalue weighted by molar-refractivity contribution is 0.103. The standard InChI is InChI=1S/C14H29N3/c1-12(2)16-8-5-13(6-9-16)17-10-7-14(11-17)15(3)4/h12-14H,5-11H2,1-4H3/t14-/m1/s1. The van der Waals surface area contributed by atoms with Crippen LogP contribution in [0.2, 0.25) is 0 Å². The molecule has 2 fully saturated rings. The van der Waals surface area contributed by atoms with E-state index >= 15 is 0 Å². The summed E-state index contributed by atoms with van der Waals surface area (Å²) >= 11 is 0. The number of likely N-dealkylation sites (N-methyl/N-ethyl adjacent to an activating group) is 1. The average Bonchev–Trinajstić information content (AvgIpc) is 2.78. The maximum atomic E-state index is 2.74. The van der Waals surface area contributed by atoms with Crippen molar-refractivity contribution in [1.29, 1.82) is 0 Å². The van der Waals surface area contributed by atoms with Crippen LogP contribution in [0.3, 0.4) is 0 Å². The maximum Gasteiger partial charge on any atom is 0.0229 e. The molecule has 2 heterocycles. The monoisotopic (exact) mass is 239 g/mol. The summed E-state index contributed by atoms with van der Waals surface area (Å²) in [6, 6.07) is 2.37. The van der Waals surface area contributed by atoms with Gasteiger partial charge in [0.2, 0.25) is 0 Å². The zero-order valence-electron chi connectivity index (χ0n) is 12.0. The average molecular weight is 239 g/mol. The minimum atomic E-state index is 0.726. The molecule has 0 radical (unpaired) electrons. The van der Waals surface area contributed by atoms with Gasteiger partial charge in [-0.05, 0) is 60.3 Å². The lowest BCUT2D eigenvalue weighted by Gasteiger charge is -2.38. The summed E-state index contributed by atoms with van der Waals surface area (Å²) in [6.45, 7) is 9.84. The van der Waals surface area contributed by atoms with E-state index in [1.54, 1.807) is 0 Å². The molecule has 0 bridgehead atoms. The van der Waals surface area contributed by atoms with Crippen molar-refractivity contribution in [1.82, 2.24) is 14.7 Å². The fourth-order valence-corrected chi connectivity index (χ4v) is 3.29. The highest BCUT2D eigenvalue weighted by atomic mass is 15.3. The lowest BCUT2D eigenvalue weighted by Crippen LogP contribution is -2.46. The number of hydrogen-bond acceptors (Lipinski definition) is 3. The predicted octanol–water partition coefficient (Wildman–Crippen LogP) is 1.50. The van der Waals surface area contributed by atoms with E-state index in [0.29, 0.717) is 0 Å². The van der Waals surface area contributed by atoms with Gasteiger partial charge >= 0.3 is 0 Å². The quantitative estimate of drug-likeness (QED) is 0.739. The van der Waals surface area contributed by atoms with Crippen molar-refractivity contribution >= 4 is 0 Å². The number of hydrogen-bond donors (Lipinski definition) is 0. The van der Waals surface area contributed by atoms with E-state index in [1.165, 1.54) is 45.4 Å². The predicted molar refractivity (Wildman–Crippen MR) is 73.4 cm³/mol. The Morgan fingerprint density at radius 1 is 1.00 bits per heavy atom. The van der Waals surface area contributed by atoms with E-state index in [2.05, 4.69) is 42.6 Å². The number of likely N-dealkylation sites (tertiary alicyclic amines) is 2. The molecule has 3 nitrogen and oxygen atoms in total. The van der Waals surface area contributed by atoms with E-state index < -0.39 is 0 Å². The molecule has 2 aliphatic rings. The third-order valence-electron chi connectivity index (χ3n) is 4.67. The molecule has 17 heavy (non-hydrogen) atoms. The van der Waals surface area contributed by atoms with Crippen LogP contribution in [0.4, 0.5) is 0 Å². The van der Waals surface area contributed by atoms with Gasteiger partial charge in [-0.15, -0.1) is 0 Å². The summed E-state index contributed by atoms with van der Waals surface area (Å²) in [5, 5.41) is 0. The molecule has 100 valence electrons. The third-order valence-corrected chi connectivity index (χ3v) is 4.67. The second-order valence-corrected chi connectivity index (χ2v) is 6.26. The summed E-state index contributed by atoms with van der Waals surface area (Å²) in [4.78, 5) is 7.75. The van der Waals surface area contributed by atoms with Gasteiger partial charge in [0, 0.05) is 31.2 Å². The Hall–Kier alpha value is -0.120. The normalized spacial score (nSPS) is 29.6. The molecular formula is C14H29N3. The van der Waals surface area contributed by atoms with Crippen LogP contribution >= 0.6 is 0 Å². The molecule has 1 atom stereocenters. The van der Waals surface area contributed by atoms with Crippen LogP contribution in [0.1, 0.15) is 33.1 Å². The molecule has 0 aromatic heterocycles. The fourth-order valence-electron chi connectivity index (χ4n) is 3.29. The molecule has 2 saturated heterocycles. The minimum absolute atomic E-state index is 0.726. The van der Waals surface area contributed by atoms with Crippen molar-refractivity contribution < 1.29 is 0 Å². The van der Waals surface area contributed by atoms with Crippen molar-refractivity contribution in [3.05, 3.63) is 0 Å². The lowest BCUT2D eigenvalue weighted by atomic mass is 10.0. The molecule has 0 spiro atoms. The molecule has 0 amide bonds. The first-order valence-electron chi connectivity index (χ1n) is 7.22. The van der Waals surface area contributed by atoms with E-state index in [1.807, 2.05) is 0 Å². The molecule has 0 saturated carbocycles. The Morgan fingerprint density at radius 3 is 2.12 bits per heavy atom. The first-order valence-corrected chi connectivity index (χ1v) is 7.22. The Bertz CT molecular complexity index is 232. The Kier molecular flexibility index (Phi) is 4.45. The van der Waals surface area contributed by atoms with Crippen LogP contribution in [0, 0.1) is 0 Å². The van der Waals surface area contributed by atoms with Crippen LogP contribution in [-0.2, 0) is 0 Å². The number of nitrogens with zero attached hydrogens (tertiary/aromatic N) is 3. The highest BCUT2D eigenvalue weighted by molar-refractivity contribution is 4.88. The fraction of sp³-hybridized carbons (Fsp3) is 1.00.